The van der Waals surface area contributed by atoms with E-state index >= 15 is 0 Å². The number of hydrogen-bond acceptors (Lipinski definition) is 6. The first-order valence-electron chi connectivity index (χ1n) is 7.21. The van der Waals surface area contributed by atoms with Crippen LogP contribution in [0.1, 0.15) is 47.4 Å². The lowest BCUT2D eigenvalue weighted by Gasteiger charge is -2.31. The van der Waals surface area contributed by atoms with E-state index in [0.717, 1.165) is 10.0 Å². The summed E-state index contributed by atoms with van der Waals surface area (Å²) in [4.78, 5) is 23.3. The van der Waals surface area contributed by atoms with E-state index in [4.69, 9.17) is 4.74 Å². The third kappa shape index (κ3) is 3.21. The molecule has 3 heterocycles. The molecule has 0 aromatic carbocycles. The summed E-state index contributed by atoms with van der Waals surface area (Å²) in [6.07, 6.45) is 1.64. The molecule has 1 saturated heterocycles. The maximum Gasteiger partial charge on any atom is 0.273 e. The molecule has 0 aliphatic carbocycles. The van der Waals surface area contributed by atoms with Gasteiger partial charge in [0.05, 0.1) is 18.2 Å². The van der Waals surface area contributed by atoms with Crippen LogP contribution in [-0.2, 0) is 10.2 Å². The minimum absolute atomic E-state index is 0.0170. The molecule has 5 nitrogen and oxygen atoms in total. The van der Waals surface area contributed by atoms with Gasteiger partial charge in [-0.25, -0.2) is 9.97 Å². The molecule has 22 heavy (non-hydrogen) atoms. The zero-order valence-electron chi connectivity index (χ0n) is 12.9. The Morgan fingerprint density at radius 1 is 1.41 bits per heavy atom. The van der Waals surface area contributed by atoms with Crippen molar-refractivity contribution < 1.29 is 9.53 Å². The lowest BCUT2D eigenvalue weighted by Crippen LogP contribution is -2.42. The van der Waals surface area contributed by atoms with E-state index in [9.17, 15) is 4.79 Å². The quantitative estimate of drug-likeness (QED) is 0.845. The van der Waals surface area contributed by atoms with Gasteiger partial charge < -0.3 is 9.64 Å². The fraction of sp³-hybridized carbons (Fsp3) is 0.533. The molecule has 2 aromatic heterocycles. The number of rotatable bonds is 2. The predicted molar refractivity (Wildman–Crippen MR) is 87.5 cm³/mol. The molecule has 1 amide bonds. The first kappa shape index (κ1) is 15.6. The molecule has 1 atom stereocenters. The number of thiazole rings is 2. The van der Waals surface area contributed by atoms with Crippen molar-refractivity contribution in [2.24, 2.45) is 0 Å². The van der Waals surface area contributed by atoms with Crippen molar-refractivity contribution in [2.45, 2.75) is 32.3 Å². The number of nitrogens with zero attached hydrogens (tertiary/aromatic N) is 3. The first-order chi connectivity index (χ1) is 10.4. The highest BCUT2D eigenvalue weighted by atomic mass is 32.1. The van der Waals surface area contributed by atoms with Crippen LogP contribution in [0.5, 0.6) is 0 Å². The van der Waals surface area contributed by atoms with Crippen LogP contribution in [0.2, 0.25) is 0 Å². The van der Waals surface area contributed by atoms with E-state index in [1.165, 1.54) is 0 Å². The van der Waals surface area contributed by atoms with Crippen molar-refractivity contribution in [1.82, 2.24) is 14.9 Å². The Hall–Kier alpha value is -1.31. The van der Waals surface area contributed by atoms with Gasteiger partial charge in [0.2, 0.25) is 0 Å². The van der Waals surface area contributed by atoms with Gasteiger partial charge in [-0.15, -0.1) is 22.7 Å². The fourth-order valence-electron chi connectivity index (χ4n) is 2.26. The largest absolute Gasteiger partial charge is 0.367 e. The smallest absolute Gasteiger partial charge is 0.273 e. The van der Waals surface area contributed by atoms with Gasteiger partial charge in [-0.3, -0.25) is 4.79 Å². The third-order valence-electron chi connectivity index (χ3n) is 3.45. The van der Waals surface area contributed by atoms with E-state index in [0.29, 0.717) is 25.4 Å². The summed E-state index contributed by atoms with van der Waals surface area (Å²) in [5.41, 5.74) is 0.507. The van der Waals surface area contributed by atoms with E-state index in [1.54, 1.807) is 28.9 Å². The number of hydrogen-bond donors (Lipinski definition) is 0. The number of ether oxygens (including phenoxy) is 1. The number of carbonyl (C=O) groups is 1. The molecule has 0 bridgehead atoms. The molecule has 1 fully saturated rings. The van der Waals surface area contributed by atoms with Crippen LogP contribution in [0.25, 0.3) is 0 Å². The zero-order valence-corrected chi connectivity index (χ0v) is 14.5. The third-order valence-corrected chi connectivity index (χ3v) is 5.58. The first-order valence-corrected chi connectivity index (χ1v) is 8.97. The molecule has 0 N–H and O–H groups in total. The minimum atomic E-state index is -0.126. The molecule has 2 aromatic rings. The molecule has 1 aliphatic heterocycles. The number of carbonyl (C=O) groups excluding carboxylic acids is 1. The van der Waals surface area contributed by atoms with Crippen molar-refractivity contribution in [3.8, 4) is 0 Å². The Bertz CT molecular complexity index is 646. The van der Waals surface area contributed by atoms with Crippen molar-refractivity contribution >= 4 is 28.6 Å². The van der Waals surface area contributed by atoms with Gasteiger partial charge in [0.15, 0.2) is 0 Å². The van der Waals surface area contributed by atoms with Gasteiger partial charge in [-0.2, -0.15) is 0 Å². The van der Waals surface area contributed by atoms with Crippen molar-refractivity contribution in [3.63, 3.8) is 0 Å². The summed E-state index contributed by atoms with van der Waals surface area (Å²) in [5.74, 6) is -0.0170. The van der Waals surface area contributed by atoms with Gasteiger partial charge in [0, 0.05) is 28.9 Å². The standard InChI is InChI=1S/C15H19N3O2S2/c1-15(2,3)14-17-10(9-22-14)13(19)18-5-6-20-11(8-18)12-16-4-7-21-12/h4,7,9,11H,5-6,8H2,1-3H3/t11-/m0/s1. The monoisotopic (exact) mass is 337 g/mol. The molecule has 0 unspecified atom stereocenters. The normalized spacial score (nSPS) is 19.4. The number of amides is 1. The van der Waals surface area contributed by atoms with Gasteiger partial charge in [0.1, 0.15) is 16.8 Å². The van der Waals surface area contributed by atoms with E-state index in [-0.39, 0.29) is 17.4 Å². The lowest BCUT2D eigenvalue weighted by atomic mass is 9.98. The topological polar surface area (TPSA) is 55.3 Å². The summed E-state index contributed by atoms with van der Waals surface area (Å²) in [7, 11) is 0. The Morgan fingerprint density at radius 3 is 2.86 bits per heavy atom. The molecular formula is C15H19N3O2S2. The molecule has 118 valence electrons. The summed E-state index contributed by atoms with van der Waals surface area (Å²) >= 11 is 3.11. The second-order valence-corrected chi connectivity index (χ2v) is 8.05. The van der Waals surface area contributed by atoms with Crippen molar-refractivity contribution in [1.29, 1.82) is 0 Å². The zero-order chi connectivity index (χ0) is 15.7. The summed E-state index contributed by atoms with van der Waals surface area (Å²) in [5, 5.41) is 5.69. The van der Waals surface area contributed by atoms with Crippen LogP contribution in [0.3, 0.4) is 0 Å². The molecule has 0 spiro atoms. The van der Waals surface area contributed by atoms with E-state index in [1.807, 2.05) is 15.7 Å². The van der Waals surface area contributed by atoms with Gasteiger partial charge in [0.25, 0.3) is 5.91 Å². The van der Waals surface area contributed by atoms with Gasteiger partial charge >= 0.3 is 0 Å². The van der Waals surface area contributed by atoms with Crippen LogP contribution in [-0.4, -0.2) is 40.5 Å². The average molecular weight is 337 g/mol. The Kier molecular flexibility index (Phi) is 4.29. The van der Waals surface area contributed by atoms with Gasteiger partial charge in [-0.1, -0.05) is 20.8 Å². The molecule has 3 rings (SSSR count). The Balaban J connectivity index is 1.73. The van der Waals surface area contributed by atoms with Crippen LogP contribution >= 0.6 is 22.7 Å². The van der Waals surface area contributed by atoms with E-state index < -0.39 is 0 Å². The summed E-state index contributed by atoms with van der Waals surface area (Å²) in [6.45, 7) is 7.98. The predicted octanol–water partition coefficient (Wildman–Crippen LogP) is 3.11. The highest BCUT2D eigenvalue weighted by Gasteiger charge is 2.29. The number of aromatic nitrogens is 2. The SMILES string of the molecule is CC(C)(C)c1nc(C(=O)N2CCO[C@H](c3nccs3)C2)cs1. The molecule has 0 saturated carbocycles. The van der Waals surface area contributed by atoms with Crippen molar-refractivity contribution in [3.05, 3.63) is 32.7 Å². The lowest BCUT2D eigenvalue weighted by molar-refractivity contribution is -0.0230. The Labute approximate surface area is 138 Å². The summed E-state index contributed by atoms with van der Waals surface area (Å²) in [6, 6.07) is 0. The second kappa shape index (κ2) is 6.06. The van der Waals surface area contributed by atoms with Crippen molar-refractivity contribution in [2.75, 3.05) is 19.7 Å². The van der Waals surface area contributed by atoms with Crippen LogP contribution in [0.15, 0.2) is 17.0 Å². The highest BCUT2D eigenvalue weighted by Crippen LogP contribution is 2.28. The van der Waals surface area contributed by atoms with Crippen LogP contribution in [0.4, 0.5) is 0 Å². The maximum atomic E-state index is 12.7. The molecular weight excluding hydrogens is 318 g/mol. The van der Waals surface area contributed by atoms with Crippen LogP contribution in [0, 0.1) is 0 Å². The minimum Gasteiger partial charge on any atom is -0.367 e. The molecule has 0 radical (unpaired) electrons. The second-order valence-electron chi connectivity index (χ2n) is 6.27. The van der Waals surface area contributed by atoms with Gasteiger partial charge in [-0.05, 0) is 0 Å². The maximum absolute atomic E-state index is 12.7. The van der Waals surface area contributed by atoms with Crippen LogP contribution < -0.4 is 0 Å². The summed E-state index contributed by atoms with van der Waals surface area (Å²) < 4.78 is 5.73. The Morgan fingerprint density at radius 2 is 2.23 bits per heavy atom. The molecule has 7 heteroatoms. The number of morpholine rings is 1. The average Bonchev–Trinajstić information content (AvgIpc) is 3.17. The van der Waals surface area contributed by atoms with E-state index in [2.05, 4.69) is 30.7 Å². The highest BCUT2D eigenvalue weighted by molar-refractivity contribution is 7.10. The molecule has 1 aliphatic rings. The fourth-order valence-corrected chi connectivity index (χ4v) is 3.81.